The molecule has 3 rings (SSSR count). The Labute approximate surface area is 265 Å². The monoisotopic (exact) mass is 698 g/mol. The van der Waals surface area contributed by atoms with Crippen LogP contribution in [0.3, 0.4) is 0 Å². The van der Waals surface area contributed by atoms with Crippen LogP contribution < -0.4 is 27.4 Å². The van der Waals surface area contributed by atoms with E-state index in [4.69, 9.17) is 29.3 Å². The van der Waals surface area contributed by atoms with Gasteiger partial charge < -0.3 is 46.2 Å². The Balaban J connectivity index is 1.32. The number of carbonyl (C=O) groups is 2. The third-order valence-electron chi connectivity index (χ3n) is 7.44. The fourth-order valence-corrected chi connectivity index (χ4v) is 6.39. The van der Waals surface area contributed by atoms with Crippen LogP contribution in [-0.4, -0.2) is 91.4 Å². The average Bonchev–Trinajstić information content (AvgIpc) is 3.44. The maximum atomic E-state index is 12.6. The van der Waals surface area contributed by atoms with Gasteiger partial charge in [-0.1, -0.05) is 25.7 Å². The number of unbranched alkanes of at least 4 members (excludes halogenated alkanes) is 5. The molecule has 1 aromatic heterocycles. The van der Waals surface area contributed by atoms with E-state index in [0.717, 1.165) is 36.4 Å². The molecule has 21 heteroatoms. The number of urea groups is 1. The van der Waals surface area contributed by atoms with Crippen molar-refractivity contribution in [2.24, 2.45) is 0 Å². The normalized spacial score (nSPS) is 26.0. The maximum Gasteiger partial charge on any atom is 0.472 e. The number of nitrogen functional groups attached to an aromatic ring is 1. The molecule has 0 aromatic carbocycles. The van der Waals surface area contributed by atoms with Gasteiger partial charge in [0.15, 0.2) is 6.23 Å². The first kappa shape index (κ1) is 38.0. The molecular weight excluding hydrogens is 654 g/mol. The minimum absolute atomic E-state index is 0.0340. The third-order valence-corrected chi connectivity index (χ3v) is 8.95. The van der Waals surface area contributed by atoms with Crippen molar-refractivity contribution in [2.75, 3.05) is 25.5 Å². The molecule has 2 fully saturated rings. The molecule has 2 unspecified atom stereocenters. The van der Waals surface area contributed by atoms with Crippen LogP contribution >= 0.6 is 15.6 Å². The van der Waals surface area contributed by atoms with E-state index in [-0.39, 0.29) is 36.4 Å². The van der Waals surface area contributed by atoms with E-state index in [1.807, 2.05) is 6.92 Å². The van der Waals surface area contributed by atoms with Gasteiger partial charge in [-0.15, -0.1) is 0 Å². The fraction of sp³-hybridized carbons (Fsp3) is 0.760. The summed E-state index contributed by atoms with van der Waals surface area (Å²) in [4.78, 5) is 67.5. The molecule has 3 heterocycles. The van der Waals surface area contributed by atoms with Gasteiger partial charge in [0, 0.05) is 25.2 Å². The minimum atomic E-state index is -4.99. The zero-order chi connectivity index (χ0) is 33.9. The van der Waals surface area contributed by atoms with Crippen LogP contribution in [0.15, 0.2) is 17.1 Å². The van der Waals surface area contributed by atoms with Crippen molar-refractivity contribution in [3.63, 3.8) is 0 Å². The van der Waals surface area contributed by atoms with E-state index in [0.29, 0.717) is 38.6 Å². The molecule has 0 aliphatic carbocycles. The summed E-state index contributed by atoms with van der Waals surface area (Å²) in [6.07, 6.45) is 0.953. The largest absolute Gasteiger partial charge is 0.472 e. The first-order valence-electron chi connectivity index (χ1n) is 15.0. The van der Waals surface area contributed by atoms with Crippen LogP contribution in [-0.2, 0) is 32.2 Å². The molecule has 0 radical (unpaired) electrons. The van der Waals surface area contributed by atoms with Crippen molar-refractivity contribution in [1.29, 1.82) is 0 Å². The van der Waals surface area contributed by atoms with Gasteiger partial charge in [-0.25, -0.2) is 18.7 Å². The smallest absolute Gasteiger partial charge is 0.386 e. The van der Waals surface area contributed by atoms with Crippen LogP contribution in [0.1, 0.15) is 70.9 Å². The molecular formula is C25H44N6O13P2. The van der Waals surface area contributed by atoms with E-state index in [2.05, 4.69) is 25.5 Å². The third kappa shape index (κ3) is 12.6. The minimum Gasteiger partial charge on any atom is -0.386 e. The SMILES string of the molecule is CC1NC(=O)N[C@H]1CCCCCC(=O)NCCCCCCOP(=O)(O)O[C@H]1[C@@H](O)[C@H](n2ccc(N)nc2=O)O[C@@H]1COP(=O)(O)O. The summed E-state index contributed by atoms with van der Waals surface area (Å²) in [6, 6.07) is 1.32. The molecule has 0 spiro atoms. The topological polar surface area (TPSA) is 283 Å². The number of anilines is 1. The Hall–Kier alpha value is -2.44. The molecule has 262 valence electrons. The first-order chi connectivity index (χ1) is 21.6. The zero-order valence-electron chi connectivity index (χ0n) is 25.4. The van der Waals surface area contributed by atoms with Gasteiger partial charge in [-0.05, 0) is 38.7 Å². The summed E-state index contributed by atoms with van der Waals surface area (Å²) in [5.74, 6) is -0.141. The van der Waals surface area contributed by atoms with Gasteiger partial charge in [-0.2, -0.15) is 4.98 Å². The van der Waals surface area contributed by atoms with Crippen LogP contribution in [0.2, 0.25) is 0 Å². The Bertz CT molecular complexity index is 1310. The number of hydrogen-bond donors (Lipinski definition) is 8. The predicted octanol–water partition coefficient (Wildman–Crippen LogP) is 0.392. The van der Waals surface area contributed by atoms with Crippen molar-refractivity contribution in [3.8, 4) is 0 Å². The first-order valence-corrected chi connectivity index (χ1v) is 18.1. The number of ether oxygens (including phenoxy) is 1. The Morgan fingerprint density at radius 3 is 2.48 bits per heavy atom. The highest BCUT2D eigenvalue weighted by molar-refractivity contribution is 7.47. The number of nitrogens with one attached hydrogen (secondary N) is 3. The highest BCUT2D eigenvalue weighted by Crippen LogP contribution is 2.49. The summed E-state index contributed by atoms with van der Waals surface area (Å²) in [7, 11) is -9.80. The van der Waals surface area contributed by atoms with Gasteiger partial charge >= 0.3 is 27.4 Å². The number of hydrogen-bond acceptors (Lipinski definition) is 12. The molecule has 2 saturated heterocycles. The Kier molecular flexibility index (Phi) is 14.6. The number of phosphoric ester groups is 2. The van der Waals surface area contributed by atoms with Crippen LogP contribution in [0.5, 0.6) is 0 Å². The second kappa shape index (κ2) is 17.6. The molecule has 0 bridgehead atoms. The Morgan fingerprint density at radius 1 is 1.09 bits per heavy atom. The summed E-state index contributed by atoms with van der Waals surface area (Å²) in [6.45, 7) is 1.41. The predicted molar refractivity (Wildman–Crippen MR) is 161 cm³/mol. The van der Waals surface area contributed by atoms with Crippen LogP contribution in [0.25, 0.3) is 0 Å². The van der Waals surface area contributed by atoms with Crippen molar-refractivity contribution in [2.45, 2.75) is 101 Å². The highest BCUT2D eigenvalue weighted by Gasteiger charge is 2.49. The molecule has 2 aliphatic heterocycles. The van der Waals surface area contributed by atoms with E-state index in [9.17, 15) is 33.5 Å². The summed E-state index contributed by atoms with van der Waals surface area (Å²) < 4.78 is 44.7. The Morgan fingerprint density at radius 2 is 1.80 bits per heavy atom. The number of aliphatic hydroxyl groups excluding tert-OH is 1. The van der Waals surface area contributed by atoms with Gasteiger partial charge in [0.25, 0.3) is 0 Å². The lowest BCUT2D eigenvalue weighted by Crippen LogP contribution is -2.37. The van der Waals surface area contributed by atoms with Crippen molar-refractivity contribution < 1.29 is 56.8 Å². The fourth-order valence-electron chi connectivity index (χ4n) is 5.06. The van der Waals surface area contributed by atoms with E-state index < -0.39 is 52.5 Å². The lowest BCUT2D eigenvalue weighted by Gasteiger charge is -2.23. The standard InChI is InChI=1S/C25H44N6O13P2/c1-16-17(29-24(34)28-16)9-5-4-6-10-20(32)27-12-7-2-3-8-14-41-46(39,40)44-22-18(15-42-45(36,37)38)43-23(21(22)33)31-13-11-19(26)30-25(31)35/h11,13,16-18,21-23,33H,2-10,12,14-15H2,1H3,(H,27,32)(H,39,40)(H2,26,30,35)(H2,28,29,34)(H2,36,37,38)/t16?,17-,18+,21+,22+,23+/m0/s1. The molecule has 0 saturated carbocycles. The number of nitrogens with two attached hydrogens (primary N) is 1. The second-order valence-electron chi connectivity index (χ2n) is 11.1. The van der Waals surface area contributed by atoms with E-state index in [1.54, 1.807) is 0 Å². The quantitative estimate of drug-likeness (QED) is 0.0675. The maximum absolute atomic E-state index is 12.6. The lowest BCUT2D eigenvalue weighted by molar-refractivity contribution is -0.121. The molecule has 2 aliphatic rings. The molecule has 1 aromatic rings. The van der Waals surface area contributed by atoms with E-state index >= 15 is 0 Å². The number of rotatable bonds is 20. The second-order valence-corrected chi connectivity index (χ2v) is 13.8. The summed E-state index contributed by atoms with van der Waals surface area (Å²) >= 11 is 0. The molecule has 46 heavy (non-hydrogen) atoms. The molecule has 3 amide bonds. The number of amides is 3. The van der Waals surface area contributed by atoms with E-state index in [1.165, 1.54) is 6.07 Å². The summed E-state index contributed by atoms with van der Waals surface area (Å²) in [5, 5.41) is 19.3. The molecule has 9 N–H and O–H groups in total. The van der Waals surface area contributed by atoms with Gasteiger partial charge in [0.05, 0.1) is 19.3 Å². The van der Waals surface area contributed by atoms with Gasteiger partial charge in [0.1, 0.15) is 24.1 Å². The molecule has 7 atom stereocenters. The summed E-state index contributed by atoms with van der Waals surface area (Å²) in [5.41, 5.74) is 4.55. The van der Waals surface area contributed by atoms with Crippen molar-refractivity contribution in [3.05, 3.63) is 22.7 Å². The van der Waals surface area contributed by atoms with Crippen molar-refractivity contribution in [1.82, 2.24) is 25.5 Å². The molecule has 19 nitrogen and oxygen atoms in total. The van der Waals surface area contributed by atoms with Crippen LogP contribution in [0, 0.1) is 0 Å². The number of phosphoric acid groups is 2. The van der Waals surface area contributed by atoms with Crippen LogP contribution in [0.4, 0.5) is 10.6 Å². The number of carbonyl (C=O) groups excluding carboxylic acids is 2. The van der Waals surface area contributed by atoms with Gasteiger partial charge in [0.2, 0.25) is 5.91 Å². The zero-order valence-corrected chi connectivity index (χ0v) is 27.2. The number of nitrogens with zero attached hydrogens (tertiary/aromatic N) is 2. The highest BCUT2D eigenvalue weighted by atomic mass is 31.2. The van der Waals surface area contributed by atoms with Crippen molar-refractivity contribution >= 4 is 33.4 Å². The lowest BCUT2D eigenvalue weighted by atomic mass is 10.0. The van der Waals surface area contributed by atoms with Gasteiger partial charge in [-0.3, -0.25) is 22.9 Å². The number of aromatic nitrogens is 2. The average molecular weight is 699 g/mol. The number of aliphatic hydroxyl groups is 1.